The third-order valence-corrected chi connectivity index (χ3v) is 5.64. The zero-order valence-corrected chi connectivity index (χ0v) is 16.9. The lowest BCUT2D eigenvalue weighted by Gasteiger charge is -2.38. The van der Waals surface area contributed by atoms with Crippen LogP contribution in [0.3, 0.4) is 0 Å². The predicted molar refractivity (Wildman–Crippen MR) is 120 cm³/mol. The van der Waals surface area contributed by atoms with Gasteiger partial charge in [0.1, 0.15) is 11.5 Å². The molecule has 0 saturated carbocycles. The van der Waals surface area contributed by atoms with Crippen molar-refractivity contribution in [3.63, 3.8) is 0 Å². The number of rotatable bonds is 4. The van der Waals surface area contributed by atoms with Crippen LogP contribution in [-0.4, -0.2) is 39.3 Å². The smallest absolute Gasteiger partial charge is 0.356 e. The number of nitrogens with zero attached hydrogens (tertiary/aromatic N) is 4. The van der Waals surface area contributed by atoms with Gasteiger partial charge in [-0.15, -0.1) is 0 Å². The van der Waals surface area contributed by atoms with Crippen molar-refractivity contribution in [3.05, 3.63) is 36.0 Å². The summed E-state index contributed by atoms with van der Waals surface area (Å²) in [6, 6.07) is 6.01. The molecule has 9 heteroatoms. The van der Waals surface area contributed by atoms with Crippen LogP contribution in [0, 0.1) is 11.8 Å². The van der Waals surface area contributed by atoms with Crippen LogP contribution in [0.4, 0.5) is 19.0 Å². The molecular weight excluding hydrogens is 393 g/mol. The summed E-state index contributed by atoms with van der Waals surface area (Å²) in [4.78, 5) is 10.6. The van der Waals surface area contributed by atoms with Gasteiger partial charge in [-0.2, -0.15) is 18.3 Å². The van der Waals surface area contributed by atoms with Crippen LogP contribution in [-0.2, 0) is 6.18 Å². The summed E-state index contributed by atoms with van der Waals surface area (Å²) in [6.45, 7) is 5.65. The fourth-order valence-electron chi connectivity index (χ4n) is 4.19. The van der Waals surface area contributed by atoms with Crippen LogP contribution < -0.4 is 10.6 Å². The zero-order chi connectivity index (χ0) is 21.5. The first kappa shape index (κ1) is 20.6. The van der Waals surface area contributed by atoms with Gasteiger partial charge in [-0.05, 0) is 48.9 Å². The number of anilines is 1. The van der Waals surface area contributed by atoms with Crippen LogP contribution in [0.5, 0.6) is 0 Å². The van der Waals surface area contributed by atoms with Gasteiger partial charge in [-0.25, -0.2) is 9.97 Å². The van der Waals surface area contributed by atoms with Crippen LogP contribution in [0.15, 0.2) is 30.5 Å². The zero-order valence-electron chi connectivity index (χ0n) is 16.9. The van der Waals surface area contributed by atoms with E-state index < -0.39 is 11.7 Å². The highest BCUT2D eigenvalue weighted by Crippen LogP contribution is 2.39. The molecule has 0 aliphatic carbocycles. The number of pyridine rings is 2. The lowest BCUT2D eigenvalue weighted by atomic mass is 9.86. The van der Waals surface area contributed by atoms with E-state index in [-0.39, 0.29) is 30.5 Å². The molecule has 3 aromatic heterocycles. The van der Waals surface area contributed by atoms with Gasteiger partial charge in [0.2, 0.25) is 0 Å². The van der Waals surface area contributed by atoms with E-state index in [0.29, 0.717) is 35.9 Å². The van der Waals surface area contributed by atoms with Gasteiger partial charge in [0, 0.05) is 37.8 Å². The second-order valence-corrected chi connectivity index (χ2v) is 8.32. The Morgan fingerprint density at radius 3 is 2.83 bits per heavy atom. The number of nitrogens with one attached hydrogen (secondary N) is 1. The summed E-state index contributed by atoms with van der Waals surface area (Å²) in [5.74, 6) is 1.30. The second kappa shape index (κ2) is 7.86. The number of nitrogens with two attached hydrogens (primary N) is 1. The molecule has 0 unspecified atom stereocenters. The fraction of sp³-hybridized carbons (Fsp3) is 0.476. The lowest BCUT2D eigenvalue weighted by molar-refractivity contribution is -0.137. The summed E-state index contributed by atoms with van der Waals surface area (Å²) < 4.78 is 41.3. The highest BCUT2D eigenvalue weighted by molar-refractivity contribution is 5.90. The van der Waals surface area contributed by atoms with Crippen molar-refractivity contribution in [2.45, 2.75) is 38.9 Å². The molecule has 4 heterocycles. The van der Waals surface area contributed by atoms with Crippen LogP contribution in [0.1, 0.15) is 39.4 Å². The molecule has 1 aliphatic rings. The molecule has 4 rings (SSSR count). The van der Waals surface area contributed by atoms with E-state index >= 15 is 0 Å². The Morgan fingerprint density at radius 1 is 1.30 bits per heavy atom. The van der Waals surface area contributed by atoms with E-state index in [4.69, 9.17) is 5.73 Å². The topological polar surface area (TPSA) is 83.7 Å². The molecule has 2 atom stereocenters. The van der Waals surface area contributed by atoms with Gasteiger partial charge < -0.3 is 10.6 Å². The van der Waals surface area contributed by atoms with E-state index in [1.54, 1.807) is 18.3 Å². The van der Waals surface area contributed by atoms with Gasteiger partial charge in [0.05, 0.1) is 11.3 Å². The first-order valence-corrected chi connectivity index (χ1v) is 10.1. The van der Waals surface area contributed by atoms with Crippen molar-refractivity contribution in [2.24, 2.45) is 17.6 Å². The molecule has 30 heavy (non-hydrogen) atoms. The standard InChI is InChI=1S/C21H25F3N6.5H2/c1-12(2)10-13-11-30(9-7-16(13)25)17-6-5-15(21(22,23)24)19(27-17)18-14-4-3-8-26-20(14)29-28-18;;;;;/h3-6,8,12-13,16H,7,9-11,25H2,1-2H3,(H,26,28,29);5*1H/t13-,16-;;;;;/m1...../s1. The number of aromatic amines is 1. The Kier molecular flexibility index (Phi) is 5.40. The molecule has 0 amide bonds. The maximum Gasteiger partial charge on any atom is 0.418 e. The van der Waals surface area contributed by atoms with Gasteiger partial charge >= 0.3 is 6.18 Å². The quantitative estimate of drug-likeness (QED) is 0.576. The average molecular weight is 429 g/mol. The van der Waals surface area contributed by atoms with E-state index in [1.807, 2.05) is 4.90 Å². The molecular formula is C21H35F3N6. The summed E-state index contributed by atoms with van der Waals surface area (Å²) in [5, 5.41) is 7.25. The lowest BCUT2D eigenvalue weighted by Crippen LogP contribution is -2.47. The Balaban J connectivity index is 0. The summed E-state index contributed by atoms with van der Waals surface area (Å²) in [6.07, 6.45) is -1.23. The van der Waals surface area contributed by atoms with Crippen molar-refractivity contribution < 1.29 is 20.3 Å². The van der Waals surface area contributed by atoms with E-state index in [1.165, 1.54) is 6.07 Å². The number of alkyl halides is 3. The largest absolute Gasteiger partial charge is 0.418 e. The van der Waals surface area contributed by atoms with Crippen molar-refractivity contribution in [1.82, 2.24) is 20.2 Å². The van der Waals surface area contributed by atoms with Crippen LogP contribution in [0.25, 0.3) is 22.4 Å². The Hall–Kier alpha value is -2.68. The SMILES string of the molecule is CC(C)C[C@@H]1CN(c2ccc(C(F)(F)F)c(-c3[nH]nc4ncccc34)n2)CC[C@H]1N.[HH].[HH].[HH].[HH].[HH]. The summed E-state index contributed by atoms with van der Waals surface area (Å²) >= 11 is 0. The monoisotopic (exact) mass is 428 g/mol. The molecule has 0 bridgehead atoms. The van der Waals surface area contributed by atoms with Crippen LogP contribution >= 0.6 is 0 Å². The minimum absolute atomic E-state index is 0. The molecule has 170 valence electrons. The maximum atomic E-state index is 13.8. The molecule has 1 fully saturated rings. The van der Waals surface area contributed by atoms with E-state index in [9.17, 15) is 13.2 Å². The molecule has 0 spiro atoms. The average Bonchev–Trinajstić information content (AvgIpc) is 3.12. The summed E-state index contributed by atoms with van der Waals surface area (Å²) in [7, 11) is 0. The first-order chi connectivity index (χ1) is 14.2. The second-order valence-electron chi connectivity index (χ2n) is 8.32. The molecule has 6 nitrogen and oxygen atoms in total. The fourth-order valence-corrected chi connectivity index (χ4v) is 4.19. The summed E-state index contributed by atoms with van der Waals surface area (Å²) in [5.41, 5.74) is 5.92. The number of aromatic nitrogens is 4. The predicted octanol–water partition coefficient (Wildman–Crippen LogP) is 5.47. The highest BCUT2D eigenvalue weighted by Gasteiger charge is 2.36. The Labute approximate surface area is 180 Å². The molecule has 3 aromatic rings. The maximum absolute atomic E-state index is 13.8. The highest BCUT2D eigenvalue weighted by atomic mass is 19.4. The number of hydrogen-bond acceptors (Lipinski definition) is 5. The number of H-pyrrole nitrogens is 1. The Morgan fingerprint density at radius 2 is 2.10 bits per heavy atom. The van der Waals surface area contributed by atoms with Gasteiger partial charge in [-0.3, -0.25) is 5.10 Å². The van der Waals surface area contributed by atoms with Gasteiger partial charge in [-0.1, -0.05) is 13.8 Å². The molecule has 1 aliphatic heterocycles. The van der Waals surface area contributed by atoms with Crippen LogP contribution in [0.2, 0.25) is 0 Å². The molecule has 0 aromatic carbocycles. The van der Waals surface area contributed by atoms with Crippen molar-refractivity contribution in [1.29, 1.82) is 0 Å². The van der Waals surface area contributed by atoms with E-state index in [0.717, 1.165) is 18.9 Å². The normalized spacial score (nSPS) is 20.3. The van der Waals surface area contributed by atoms with Crippen molar-refractivity contribution in [2.75, 3.05) is 18.0 Å². The number of fused-ring (bicyclic) bond motifs is 1. The number of piperidine rings is 1. The first-order valence-electron chi connectivity index (χ1n) is 10.1. The molecule has 0 radical (unpaired) electrons. The van der Waals surface area contributed by atoms with Crippen molar-refractivity contribution in [3.8, 4) is 11.4 Å². The van der Waals surface area contributed by atoms with Crippen molar-refractivity contribution >= 4 is 16.9 Å². The molecule has 1 saturated heterocycles. The third kappa shape index (κ3) is 3.98. The number of hydrogen-bond donors (Lipinski definition) is 2. The van der Waals surface area contributed by atoms with E-state index in [2.05, 4.69) is 34.0 Å². The minimum Gasteiger partial charge on any atom is -0.356 e. The third-order valence-electron chi connectivity index (χ3n) is 5.64. The minimum atomic E-state index is -4.54. The number of halogens is 3. The van der Waals surface area contributed by atoms with Gasteiger partial charge in [0.15, 0.2) is 5.65 Å². The van der Waals surface area contributed by atoms with Gasteiger partial charge in [0.25, 0.3) is 0 Å². The molecule has 3 N–H and O–H groups in total. The Bertz CT molecular complexity index is 1050.